The third-order valence-electron chi connectivity index (χ3n) is 4.70. The number of thiazole rings is 1. The van der Waals surface area contributed by atoms with Gasteiger partial charge in [0.25, 0.3) is 5.01 Å². The minimum atomic E-state index is -4.33. The van der Waals surface area contributed by atoms with Crippen LogP contribution in [0.25, 0.3) is 16.3 Å². The molecule has 0 spiro atoms. The number of aliphatic carboxylic acids is 1. The van der Waals surface area contributed by atoms with Crippen LogP contribution in [-0.4, -0.2) is 36.3 Å². The standard InChI is InChI=1S/C20H16Cl2N2O5S3.C2H4/c21-12-2-4-16-14(8-12)23(6-1-7-32(27,28)29)18(30-16)10-19-24(11-20(25)26)15-9-13(22)3-5-17(15)31-19;1-2/h2-5,8-10H,1,6-7,11H2,(H-,25,26,27,28,29);1-2H2. The van der Waals surface area contributed by atoms with E-state index in [1.807, 2.05) is 23.1 Å². The molecule has 0 amide bonds. The van der Waals surface area contributed by atoms with Crippen molar-refractivity contribution in [1.82, 2.24) is 0 Å². The van der Waals surface area contributed by atoms with E-state index < -0.39 is 21.8 Å². The highest BCUT2D eigenvalue weighted by molar-refractivity contribution is 8.03. The fourth-order valence-electron chi connectivity index (χ4n) is 3.40. The average molecular weight is 560 g/mol. The Bertz CT molecular complexity index is 1370. The van der Waals surface area contributed by atoms with Crippen molar-refractivity contribution in [2.24, 2.45) is 0 Å². The predicted molar refractivity (Wildman–Crippen MR) is 138 cm³/mol. The molecule has 0 saturated carbocycles. The number of carboxylic acid groups (broad SMARTS) is 1. The van der Waals surface area contributed by atoms with E-state index in [2.05, 4.69) is 13.2 Å². The van der Waals surface area contributed by atoms with E-state index >= 15 is 0 Å². The van der Waals surface area contributed by atoms with Crippen LogP contribution in [0.4, 0.5) is 5.69 Å². The Hall–Kier alpha value is -2.08. The predicted octanol–water partition coefficient (Wildman–Crippen LogP) is 5.23. The van der Waals surface area contributed by atoms with E-state index in [1.54, 1.807) is 28.8 Å². The monoisotopic (exact) mass is 558 g/mol. The van der Waals surface area contributed by atoms with Crippen molar-refractivity contribution < 1.29 is 27.4 Å². The van der Waals surface area contributed by atoms with Gasteiger partial charge in [-0.25, -0.2) is 13.2 Å². The van der Waals surface area contributed by atoms with Gasteiger partial charge in [0.2, 0.25) is 12.1 Å². The molecule has 34 heavy (non-hydrogen) atoms. The summed E-state index contributed by atoms with van der Waals surface area (Å²) in [7, 11) is -4.33. The second-order valence-corrected chi connectivity index (χ2v) is 11.5. The fraction of sp³-hybridized carbons (Fsp3) is 0.182. The van der Waals surface area contributed by atoms with Gasteiger partial charge in [-0.1, -0.05) is 46.3 Å². The molecule has 0 aliphatic carbocycles. The minimum absolute atomic E-state index is 0.146. The fourth-order valence-corrected chi connectivity index (χ4v) is 6.47. The van der Waals surface area contributed by atoms with Crippen LogP contribution >= 0.6 is 46.3 Å². The average Bonchev–Trinajstić information content (AvgIpc) is 3.26. The van der Waals surface area contributed by atoms with Crippen LogP contribution in [0.3, 0.4) is 0 Å². The first-order chi connectivity index (χ1) is 16.1. The summed E-state index contributed by atoms with van der Waals surface area (Å²) in [6.07, 6.45) is 2.01. The SMILES string of the molecule is C=C.O=C(O)C[n+]1c(C=C2Sc3ccc(Cl)cc3N2CCCS(=O)(=O)[O-])sc2ccc(Cl)cc21. The molecular weight excluding hydrogens is 539 g/mol. The molecule has 12 heteroatoms. The van der Waals surface area contributed by atoms with Crippen molar-refractivity contribution in [3.8, 4) is 0 Å². The molecule has 1 N–H and O–H groups in total. The maximum absolute atomic E-state index is 11.5. The second kappa shape index (κ2) is 11.1. The molecule has 7 nitrogen and oxygen atoms in total. The van der Waals surface area contributed by atoms with Gasteiger partial charge < -0.3 is 14.6 Å². The Labute approximate surface area is 215 Å². The first-order valence-corrected chi connectivity index (χ1v) is 13.8. The number of nitrogens with zero attached hydrogens (tertiary/aromatic N) is 2. The summed E-state index contributed by atoms with van der Waals surface area (Å²) in [5.41, 5.74) is 1.52. The molecule has 0 unspecified atom stereocenters. The number of aromatic nitrogens is 1. The van der Waals surface area contributed by atoms with Crippen LogP contribution in [0.2, 0.25) is 10.0 Å². The van der Waals surface area contributed by atoms with E-state index in [0.717, 1.165) is 20.3 Å². The van der Waals surface area contributed by atoms with Crippen molar-refractivity contribution in [2.45, 2.75) is 17.9 Å². The molecule has 1 aliphatic heterocycles. The molecule has 2 aromatic carbocycles. The Morgan fingerprint density at radius 2 is 1.85 bits per heavy atom. The third-order valence-corrected chi connectivity index (χ3v) is 8.18. The van der Waals surface area contributed by atoms with Gasteiger partial charge >= 0.3 is 5.97 Å². The Morgan fingerprint density at radius 3 is 2.53 bits per heavy atom. The maximum Gasteiger partial charge on any atom is 0.370 e. The first-order valence-electron chi connectivity index (χ1n) is 9.84. The molecule has 0 bridgehead atoms. The molecule has 2 heterocycles. The minimum Gasteiger partial charge on any atom is -0.748 e. The Balaban J connectivity index is 0.00000158. The smallest absolute Gasteiger partial charge is 0.370 e. The molecule has 180 valence electrons. The number of carbonyl (C=O) groups is 1. The number of anilines is 1. The van der Waals surface area contributed by atoms with Crippen LogP contribution in [-0.2, 0) is 21.5 Å². The van der Waals surface area contributed by atoms with E-state index in [-0.39, 0.29) is 13.0 Å². The van der Waals surface area contributed by atoms with Crippen LogP contribution in [0.15, 0.2) is 59.5 Å². The lowest BCUT2D eigenvalue weighted by Crippen LogP contribution is -2.39. The number of hydrogen-bond donors (Lipinski definition) is 1. The highest BCUT2D eigenvalue weighted by Gasteiger charge is 2.29. The lowest BCUT2D eigenvalue weighted by molar-refractivity contribution is -0.657. The largest absolute Gasteiger partial charge is 0.748 e. The van der Waals surface area contributed by atoms with Crippen molar-refractivity contribution in [3.63, 3.8) is 0 Å². The summed E-state index contributed by atoms with van der Waals surface area (Å²) < 4.78 is 35.8. The van der Waals surface area contributed by atoms with E-state index in [0.29, 0.717) is 27.1 Å². The quantitative estimate of drug-likeness (QED) is 0.240. The summed E-state index contributed by atoms with van der Waals surface area (Å²) >= 11 is 15.2. The van der Waals surface area contributed by atoms with Crippen LogP contribution in [0.1, 0.15) is 11.4 Å². The normalized spacial score (nSPS) is 14.2. The zero-order valence-electron chi connectivity index (χ0n) is 17.7. The lowest BCUT2D eigenvalue weighted by atomic mass is 10.2. The van der Waals surface area contributed by atoms with E-state index in [4.69, 9.17) is 23.2 Å². The number of halogens is 2. The van der Waals surface area contributed by atoms with Gasteiger partial charge in [0.05, 0.1) is 26.9 Å². The first kappa shape index (κ1) is 26.5. The summed E-state index contributed by atoms with van der Waals surface area (Å²) in [5, 5.41) is 11.9. The maximum atomic E-state index is 11.5. The molecule has 1 aromatic heterocycles. The van der Waals surface area contributed by atoms with Crippen molar-refractivity contribution in [3.05, 3.63) is 69.6 Å². The van der Waals surface area contributed by atoms with Crippen molar-refractivity contribution in [2.75, 3.05) is 17.2 Å². The second-order valence-electron chi connectivity index (χ2n) is 7.00. The van der Waals surface area contributed by atoms with E-state index in [1.165, 1.54) is 23.1 Å². The van der Waals surface area contributed by atoms with Crippen LogP contribution in [0.5, 0.6) is 0 Å². The molecule has 0 radical (unpaired) electrons. The van der Waals surface area contributed by atoms with E-state index in [9.17, 15) is 22.9 Å². The zero-order chi connectivity index (χ0) is 25.0. The zero-order valence-corrected chi connectivity index (χ0v) is 21.7. The number of hydrogen-bond acceptors (Lipinski definition) is 7. The lowest BCUT2D eigenvalue weighted by Gasteiger charge is -2.20. The number of rotatable bonds is 7. The summed E-state index contributed by atoms with van der Waals surface area (Å²) in [4.78, 5) is 14.3. The van der Waals surface area contributed by atoms with Gasteiger partial charge in [-0.2, -0.15) is 4.57 Å². The molecule has 0 atom stereocenters. The van der Waals surface area contributed by atoms with Gasteiger partial charge in [-0.15, -0.1) is 13.2 Å². The molecule has 3 aromatic rings. The third kappa shape index (κ3) is 6.32. The van der Waals surface area contributed by atoms with Crippen LogP contribution < -0.4 is 9.47 Å². The van der Waals surface area contributed by atoms with Gasteiger partial charge in [-0.3, -0.25) is 0 Å². The Kier molecular flexibility index (Phi) is 8.66. The van der Waals surface area contributed by atoms with Crippen molar-refractivity contribution >= 4 is 84.4 Å². The van der Waals surface area contributed by atoms with Crippen LogP contribution in [0, 0.1) is 0 Å². The van der Waals surface area contributed by atoms with Crippen molar-refractivity contribution in [1.29, 1.82) is 0 Å². The number of fused-ring (bicyclic) bond motifs is 2. The van der Waals surface area contributed by atoms with Gasteiger partial charge in [0.1, 0.15) is 4.70 Å². The number of carboxylic acids is 1. The molecule has 0 fully saturated rings. The van der Waals surface area contributed by atoms with Gasteiger partial charge in [-0.05, 0) is 36.8 Å². The summed E-state index contributed by atoms with van der Waals surface area (Å²) in [6, 6.07) is 10.7. The Morgan fingerprint density at radius 1 is 1.18 bits per heavy atom. The van der Waals surface area contributed by atoms with Gasteiger partial charge in [0.15, 0.2) is 0 Å². The number of benzene rings is 2. The topological polar surface area (TPSA) is 102 Å². The number of thioether (sulfide) groups is 1. The summed E-state index contributed by atoms with van der Waals surface area (Å²) in [6.45, 7) is 6.06. The highest BCUT2D eigenvalue weighted by Crippen LogP contribution is 2.47. The van der Waals surface area contributed by atoms with Gasteiger partial charge in [0, 0.05) is 33.3 Å². The molecule has 4 rings (SSSR count). The summed E-state index contributed by atoms with van der Waals surface area (Å²) in [5.74, 6) is -1.46. The highest BCUT2D eigenvalue weighted by atomic mass is 35.5. The molecule has 1 aliphatic rings. The molecule has 0 saturated heterocycles. The molecular formula is C22H20Cl2N2O5S3.